The van der Waals surface area contributed by atoms with Crippen LogP contribution >= 0.6 is 0 Å². The highest BCUT2D eigenvalue weighted by molar-refractivity contribution is 5.46. The van der Waals surface area contributed by atoms with Gasteiger partial charge in [-0.1, -0.05) is 20.8 Å². The summed E-state index contributed by atoms with van der Waals surface area (Å²) in [5, 5.41) is 2.92. The van der Waals surface area contributed by atoms with Gasteiger partial charge in [0.05, 0.1) is 5.69 Å². The van der Waals surface area contributed by atoms with Crippen molar-refractivity contribution in [3.05, 3.63) is 29.3 Å². The third-order valence-electron chi connectivity index (χ3n) is 2.44. The minimum atomic E-state index is -0.396. The third kappa shape index (κ3) is 3.80. The number of hydrogen-bond acceptors (Lipinski definition) is 1. The molecule has 90 valence electrons. The van der Waals surface area contributed by atoms with Crippen LogP contribution in [0.15, 0.2) is 12.1 Å². The largest absolute Gasteiger partial charge is 0.383 e. The fourth-order valence-electron chi connectivity index (χ4n) is 1.35. The molecule has 0 fully saturated rings. The van der Waals surface area contributed by atoms with Crippen LogP contribution in [0.1, 0.15) is 32.8 Å². The van der Waals surface area contributed by atoms with Gasteiger partial charge in [0, 0.05) is 12.6 Å². The van der Waals surface area contributed by atoms with Gasteiger partial charge >= 0.3 is 0 Å². The van der Waals surface area contributed by atoms with Gasteiger partial charge in [-0.15, -0.1) is 0 Å². The van der Waals surface area contributed by atoms with E-state index >= 15 is 0 Å². The fraction of sp³-hybridized carbons (Fsp3) is 0.538. The van der Waals surface area contributed by atoms with Crippen LogP contribution in [-0.4, -0.2) is 6.54 Å². The Labute approximate surface area is 95.9 Å². The van der Waals surface area contributed by atoms with Crippen LogP contribution in [0.2, 0.25) is 0 Å². The highest BCUT2D eigenvalue weighted by Gasteiger charge is 2.11. The number of nitrogens with one attached hydrogen (secondary N) is 1. The van der Waals surface area contributed by atoms with Gasteiger partial charge in [0.2, 0.25) is 0 Å². The first-order chi connectivity index (χ1) is 7.29. The summed E-state index contributed by atoms with van der Waals surface area (Å²) in [4.78, 5) is 0. The number of anilines is 1. The molecule has 1 aromatic carbocycles. The van der Waals surface area contributed by atoms with E-state index in [2.05, 4.69) is 26.1 Å². The monoisotopic (exact) mass is 227 g/mol. The Bertz CT molecular complexity index is 367. The van der Waals surface area contributed by atoms with Gasteiger partial charge in [-0.2, -0.15) is 0 Å². The van der Waals surface area contributed by atoms with Crippen LogP contribution in [0, 0.1) is 24.0 Å². The maximum Gasteiger partial charge on any atom is 0.146 e. The minimum Gasteiger partial charge on any atom is -0.383 e. The maximum absolute atomic E-state index is 13.4. The van der Waals surface area contributed by atoms with Gasteiger partial charge in [-0.25, -0.2) is 8.78 Å². The molecule has 1 rings (SSSR count). The van der Waals surface area contributed by atoms with E-state index in [0.717, 1.165) is 6.42 Å². The lowest BCUT2D eigenvalue weighted by Crippen LogP contribution is -2.13. The van der Waals surface area contributed by atoms with E-state index in [1.165, 1.54) is 12.1 Å². The summed E-state index contributed by atoms with van der Waals surface area (Å²) in [6, 6.07) is 2.43. The molecule has 1 N–H and O–H groups in total. The van der Waals surface area contributed by atoms with E-state index < -0.39 is 5.82 Å². The van der Waals surface area contributed by atoms with Gasteiger partial charge in [0.25, 0.3) is 0 Å². The first-order valence-corrected chi connectivity index (χ1v) is 5.49. The quantitative estimate of drug-likeness (QED) is 0.819. The predicted molar refractivity (Wildman–Crippen MR) is 63.7 cm³/mol. The smallest absolute Gasteiger partial charge is 0.146 e. The molecule has 0 saturated carbocycles. The van der Waals surface area contributed by atoms with Crippen molar-refractivity contribution in [2.75, 3.05) is 11.9 Å². The highest BCUT2D eigenvalue weighted by Crippen LogP contribution is 2.21. The highest BCUT2D eigenvalue weighted by atomic mass is 19.1. The van der Waals surface area contributed by atoms with E-state index in [9.17, 15) is 8.78 Å². The molecule has 0 radical (unpaired) electrons. The van der Waals surface area contributed by atoms with Crippen molar-refractivity contribution in [3.63, 3.8) is 0 Å². The lowest BCUT2D eigenvalue weighted by molar-refractivity contribution is 0.389. The first kappa shape index (κ1) is 12.9. The predicted octanol–water partition coefficient (Wildman–Crippen LogP) is 4.12. The van der Waals surface area contributed by atoms with Crippen molar-refractivity contribution < 1.29 is 8.78 Å². The Balaban J connectivity index is 2.64. The van der Waals surface area contributed by atoms with Crippen molar-refractivity contribution in [1.82, 2.24) is 0 Å². The molecule has 0 aliphatic carbocycles. The molecule has 3 heteroatoms. The van der Waals surface area contributed by atoms with Gasteiger partial charge in [0.1, 0.15) is 11.6 Å². The van der Waals surface area contributed by atoms with E-state index in [4.69, 9.17) is 0 Å². The second-order valence-electron chi connectivity index (χ2n) is 5.32. The molecule has 0 aliphatic rings. The number of aryl methyl sites for hydroxylation is 1. The van der Waals surface area contributed by atoms with E-state index in [1.807, 2.05) is 0 Å². The lowest BCUT2D eigenvalue weighted by atomic mass is 9.92. The summed E-state index contributed by atoms with van der Waals surface area (Å²) in [5.74, 6) is -0.771. The topological polar surface area (TPSA) is 12.0 Å². The van der Waals surface area contributed by atoms with Gasteiger partial charge in [-0.05, 0) is 30.4 Å². The first-order valence-electron chi connectivity index (χ1n) is 5.49. The molecule has 1 nitrogen and oxygen atoms in total. The summed E-state index contributed by atoms with van der Waals surface area (Å²) < 4.78 is 26.6. The van der Waals surface area contributed by atoms with Crippen molar-refractivity contribution in [2.24, 2.45) is 5.41 Å². The van der Waals surface area contributed by atoms with Crippen LogP contribution in [-0.2, 0) is 0 Å². The van der Waals surface area contributed by atoms with E-state index in [-0.39, 0.29) is 16.9 Å². The molecule has 0 aliphatic heterocycles. The Morgan fingerprint density at radius 2 is 1.75 bits per heavy atom. The molecular formula is C13H19F2N. The summed E-state index contributed by atoms with van der Waals surface area (Å²) in [6.45, 7) is 8.53. The molecule has 0 amide bonds. The molecule has 16 heavy (non-hydrogen) atoms. The molecule has 0 saturated heterocycles. The number of halogens is 2. The zero-order valence-electron chi connectivity index (χ0n) is 10.3. The second-order valence-corrected chi connectivity index (χ2v) is 5.32. The molecular weight excluding hydrogens is 208 g/mol. The minimum absolute atomic E-state index is 0.187. The molecule has 0 bridgehead atoms. The molecule has 0 heterocycles. The van der Waals surface area contributed by atoms with Crippen molar-refractivity contribution >= 4 is 5.69 Å². The lowest BCUT2D eigenvalue weighted by Gasteiger charge is -2.18. The summed E-state index contributed by atoms with van der Waals surface area (Å²) in [5.41, 5.74) is 0.762. The fourth-order valence-corrected chi connectivity index (χ4v) is 1.35. The molecule has 0 atom stereocenters. The second kappa shape index (κ2) is 4.81. The van der Waals surface area contributed by atoms with Crippen LogP contribution in [0.25, 0.3) is 0 Å². The zero-order valence-corrected chi connectivity index (χ0v) is 10.3. The molecule has 0 spiro atoms. The number of benzene rings is 1. The van der Waals surface area contributed by atoms with Crippen LogP contribution < -0.4 is 5.32 Å². The van der Waals surface area contributed by atoms with Crippen molar-refractivity contribution in [2.45, 2.75) is 34.1 Å². The van der Waals surface area contributed by atoms with Gasteiger partial charge in [0.15, 0.2) is 0 Å². The standard InChI is InChI=1S/C13H19F2N/c1-9-7-11(15)12(8-10(9)14)16-6-5-13(2,3)4/h7-8,16H,5-6H2,1-4H3. The van der Waals surface area contributed by atoms with E-state index in [1.54, 1.807) is 6.92 Å². The molecule has 0 aromatic heterocycles. The third-order valence-corrected chi connectivity index (χ3v) is 2.44. The van der Waals surface area contributed by atoms with Gasteiger partial charge in [-0.3, -0.25) is 0 Å². The van der Waals surface area contributed by atoms with E-state index in [0.29, 0.717) is 12.1 Å². The Morgan fingerprint density at radius 3 is 2.31 bits per heavy atom. The maximum atomic E-state index is 13.4. The summed E-state index contributed by atoms with van der Waals surface area (Å²) >= 11 is 0. The Hall–Kier alpha value is -1.12. The average molecular weight is 227 g/mol. The number of hydrogen-bond donors (Lipinski definition) is 1. The Kier molecular flexibility index (Phi) is 3.89. The summed E-state index contributed by atoms with van der Waals surface area (Å²) in [6.07, 6.45) is 0.905. The number of rotatable bonds is 3. The SMILES string of the molecule is Cc1cc(F)c(NCCC(C)(C)C)cc1F. The van der Waals surface area contributed by atoms with Gasteiger partial charge < -0.3 is 5.32 Å². The van der Waals surface area contributed by atoms with Crippen LogP contribution in [0.3, 0.4) is 0 Å². The normalized spacial score (nSPS) is 11.6. The van der Waals surface area contributed by atoms with Crippen molar-refractivity contribution in [3.8, 4) is 0 Å². The zero-order chi connectivity index (χ0) is 12.3. The average Bonchev–Trinajstić information content (AvgIpc) is 2.11. The molecule has 1 aromatic rings. The summed E-state index contributed by atoms with van der Waals surface area (Å²) in [7, 11) is 0. The van der Waals surface area contributed by atoms with Crippen LogP contribution in [0.5, 0.6) is 0 Å². The van der Waals surface area contributed by atoms with Crippen LogP contribution in [0.4, 0.5) is 14.5 Å². The van der Waals surface area contributed by atoms with Crippen molar-refractivity contribution in [1.29, 1.82) is 0 Å². The molecule has 0 unspecified atom stereocenters. The Morgan fingerprint density at radius 1 is 1.12 bits per heavy atom.